The van der Waals surface area contributed by atoms with Crippen molar-refractivity contribution in [1.29, 1.82) is 0 Å². The van der Waals surface area contributed by atoms with Gasteiger partial charge in [0.1, 0.15) is 0 Å². The molecule has 0 bridgehead atoms. The first kappa shape index (κ1) is 14.2. The Kier molecular flexibility index (Phi) is 4.36. The van der Waals surface area contributed by atoms with E-state index in [0.29, 0.717) is 5.56 Å². The Balaban J connectivity index is 2.22. The molecule has 0 aliphatic heterocycles. The van der Waals surface area contributed by atoms with Gasteiger partial charge >= 0.3 is 0 Å². The van der Waals surface area contributed by atoms with Gasteiger partial charge in [-0.1, -0.05) is 12.1 Å². The lowest BCUT2D eigenvalue weighted by atomic mass is 10.2. The third-order valence-corrected chi connectivity index (χ3v) is 5.01. The van der Waals surface area contributed by atoms with Crippen LogP contribution in [0.25, 0.3) is 0 Å². The molecule has 0 fully saturated rings. The van der Waals surface area contributed by atoms with Gasteiger partial charge in [0, 0.05) is 6.04 Å². The number of aliphatic hydroxyl groups excluding tert-OH is 1. The van der Waals surface area contributed by atoms with Crippen LogP contribution in [0.3, 0.4) is 0 Å². The van der Waals surface area contributed by atoms with Crippen molar-refractivity contribution in [2.24, 2.45) is 0 Å². The molecule has 19 heavy (non-hydrogen) atoms. The van der Waals surface area contributed by atoms with Gasteiger partial charge in [-0.25, -0.2) is 13.1 Å². The lowest BCUT2D eigenvalue weighted by molar-refractivity contribution is 0.281. The molecule has 1 aromatic carbocycles. The average Bonchev–Trinajstić information content (AvgIpc) is 2.92. The number of hydrogen-bond donors (Lipinski definition) is 2. The molecular weight excluding hydrogens is 282 g/mol. The van der Waals surface area contributed by atoms with Gasteiger partial charge in [-0.3, -0.25) is 0 Å². The molecule has 102 valence electrons. The molecule has 6 heteroatoms. The Labute approximate surface area is 116 Å². The summed E-state index contributed by atoms with van der Waals surface area (Å²) in [6, 6.07) is 7.90. The highest BCUT2D eigenvalue weighted by Gasteiger charge is 2.18. The van der Waals surface area contributed by atoms with E-state index in [0.717, 1.165) is 5.56 Å². The summed E-state index contributed by atoms with van der Waals surface area (Å²) in [6.45, 7) is 1.62. The zero-order valence-corrected chi connectivity index (χ0v) is 12.0. The third-order valence-electron chi connectivity index (χ3n) is 2.77. The maximum atomic E-state index is 12.2. The molecule has 0 saturated carbocycles. The molecular formula is C13H15NO3S2. The average molecular weight is 297 g/mol. The van der Waals surface area contributed by atoms with E-state index >= 15 is 0 Å². The minimum atomic E-state index is -3.57. The van der Waals surface area contributed by atoms with Gasteiger partial charge in [-0.05, 0) is 47.0 Å². The minimum Gasteiger partial charge on any atom is -0.392 e. The minimum absolute atomic E-state index is 0.168. The van der Waals surface area contributed by atoms with Crippen LogP contribution in [-0.2, 0) is 16.6 Å². The molecule has 0 aliphatic rings. The van der Waals surface area contributed by atoms with E-state index in [1.54, 1.807) is 19.1 Å². The number of rotatable bonds is 5. The van der Waals surface area contributed by atoms with Gasteiger partial charge in [0.05, 0.1) is 11.5 Å². The zero-order chi connectivity index (χ0) is 13.9. The molecule has 1 unspecified atom stereocenters. The van der Waals surface area contributed by atoms with E-state index in [2.05, 4.69) is 4.72 Å². The summed E-state index contributed by atoms with van der Waals surface area (Å²) in [5.74, 6) is 0. The Morgan fingerprint density at radius 1 is 1.37 bits per heavy atom. The van der Waals surface area contributed by atoms with Crippen LogP contribution in [-0.4, -0.2) is 13.5 Å². The summed E-state index contributed by atoms with van der Waals surface area (Å²) in [7, 11) is -3.57. The Morgan fingerprint density at radius 3 is 2.79 bits per heavy atom. The van der Waals surface area contributed by atoms with Crippen molar-refractivity contribution in [3.63, 3.8) is 0 Å². The standard InChI is InChI=1S/C13H15NO3S2/c1-10(12-5-6-18-9-12)14-19(16,17)13-4-2-3-11(7-13)8-15/h2-7,9-10,14-15H,8H2,1H3. The molecule has 0 saturated heterocycles. The van der Waals surface area contributed by atoms with Gasteiger partial charge in [-0.15, -0.1) is 0 Å². The lowest BCUT2D eigenvalue weighted by Crippen LogP contribution is -2.26. The molecule has 0 amide bonds. The Bertz CT molecular complexity index is 636. The van der Waals surface area contributed by atoms with Gasteiger partial charge < -0.3 is 5.11 Å². The predicted octanol–water partition coefficient (Wildman–Crippen LogP) is 2.28. The third kappa shape index (κ3) is 3.42. The number of nitrogens with one attached hydrogen (secondary N) is 1. The van der Waals surface area contributed by atoms with Crippen LogP contribution in [0, 0.1) is 0 Å². The number of thiophene rings is 1. The fraction of sp³-hybridized carbons (Fsp3) is 0.231. The molecule has 0 aliphatic carbocycles. The first-order chi connectivity index (χ1) is 9.03. The molecule has 2 N–H and O–H groups in total. The van der Waals surface area contributed by atoms with Crippen molar-refractivity contribution in [3.8, 4) is 0 Å². The number of benzene rings is 1. The van der Waals surface area contributed by atoms with Crippen LogP contribution < -0.4 is 4.72 Å². The highest BCUT2D eigenvalue weighted by Crippen LogP contribution is 2.19. The first-order valence-corrected chi connectivity index (χ1v) is 8.20. The highest BCUT2D eigenvalue weighted by atomic mass is 32.2. The Morgan fingerprint density at radius 2 is 2.16 bits per heavy atom. The summed E-state index contributed by atoms with van der Waals surface area (Å²) in [5.41, 5.74) is 1.51. The fourth-order valence-corrected chi connectivity index (χ4v) is 3.76. The second-order valence-corrected chi connectivity index (χ2v) is 6.70. The lowest BCUT2D eigenvalue weighted by Gasteiger charge is -2.13. The van der Waals surface area contributed by atoms with E-state index in [1.165, 1.54) is 23.5 Å². The normalized spacial score (nSPS) is 13.4. The van der Waals surface area contributed by atoms with Gasteiger partial charge in [-0.2, -0.15) is 11.3 Å². The van der Waals surface area contributed by atoms with Crippen molar-refractivity contribution in [3.05, 3.63) is 52.2 Å². The van der Waals surface area contributed by atoms with Crippen LogP contribution in [0.1, 0.15) is 24.1 Å². The van der Waals surface area contributed by atoms with E-state index in [1.807, 2.05) is 16.8 Å². The molecule has 0 spiro atoms. The summed E-state index contributed by atoms with van der Waals surface area (Å²) in [6.07, 6.45) is 0. The molecule has 0 radical (unpaired) electrons. The van der Waals surface area contributed by atoms with Crippen molar-refractivity contribution in [1.82, 2.24) is 4.72 Å². The van der Waals surface area contributed by atoms with Gasteiger partial charge in [0.25, 0.3) is 0 Å². The van der Waals surface area contributed by atoms with Crippen LogP contribution in [0.5, 0.6) is 0 Å². The van der Waals surface area contributed by atoms with Crippen molar-refractivity contribution < 1.29 is 13.5 Å². The van der Waals surface area contributed by atoms with Crippen molar-refractivity contribution in [2.45, 2.75) is 24.5 Å². The predicted molar refractivity (Wildman–Crippen MR) is 75.4 cm³/mol. The van der Waals surface area contributed by atoms with E-state index in [4.69, 9.17) is 5.11 Å². The topological polar surface area (TPSA) is 66.4 Å². The Hall–Kier alpha value is -1.21. The summed E-state index contributed by atoms with van der Waals surface area (Å²) in [5, 5.41) is 12.9. The second-order valence-electron chi connectivity index (χ2n) is 4.21. The summed E-state index contributed by atoms with van der Waals surface area (Å²) >= 11 is 1.53. The molecule has 1 aromatic heterocycles. The van der Waals surface area contributed by atoms with Crippen molar-refractivity contribution >= 4 is 21.4 Å². The molecule has 4 nitrogen and oxygen atoms in total. The monoisotopic (exact) mass is 297 g/mol. The van der Waals surface area contributed by atoms with Crippen molar-refractivity contribution in [2.75, 3.05) is 0 Å². The molecule has 1 atom stereocenters. The number of hydrogen-bond acceptors (Lipinski definition) is 4. The van der Waals surface area contributed by atoms with Crippen LogP contribution in [0.4, 0.5) is 0 Å². The van der Waals surface area contributed by atoms with E-state index in [-0.39, 0.29) is 17.5 Å². The molecule has 1 heterocycles. The van der Waals surface area contributed by atoms with E-state index in [9.17, 15) is 8.42 Å². The first-order valence-electron chi connectivity index (χ1n) is 5.77. The fourth-order valence-electron chi connectivity index (χ4n) is 1.70. The summed E-state index contributed by atoms with van der Waals surface area (Å²) < 4.78 is 27.1. The largest absolute Gasteiger partial charge is 0.392 e. The second kappa shape index (κ2) is 5.83. The maximum Gasteiger partial charge on any atom is 0.241 e. The van der Waals surface area contributed by atoms with Gasteiger partial charge in [0.15, 0.2) is 0 Å². The van der Waals surface area contributed by atoms with E-state index < -0.39 is 10.0 Å². The van der Waals surface area contributed by atoms with Gasteiger partial charge in [0.2, 0.25) is 10.0 Å². The molecule has 2 rings (SSSR count). The maximum absolute atomic E-state index is 12.2. The SMILES string of the molecule is CC(NS(=O)(=O)c1cccc(CO)c1)c1ccsc1. The number of sulfonamides is 1. The molecule has 2 aromatic rings. The van der Waals surface area contributed by atoms with Crippen LogP contribution in [0.15, 0.2) is 46.0 Å². The summed E-state index contributed by atoms with van der Waals surface area (Å²) in [4.78, 5) is 0.168. The van der Waals surface area contributed by atoms with Crippen LogP contribution >= 0.6 is 11.3 Å². The smallest absolute Gasteiger partial charge is 0.241 e. The zero-order valence-electron chi connectivity index (χ0n) is 10.4. The highest BCUT2D eigenvalue weighted by molar-refractivity contribution is 7.89. The van der Waals surface area contributed by atoms with Crippen LogP contribution in [0.2, 0.25) is 0 Å². The quantitative estimate of drug-likeness (QED) is 0.890. The number of aliphatic hydroxyl groups is 1.